The Hall–Kier alpha value is -0.490. The molecule has 1 fully saturated rings. The molecule has 0 aromatic heterocycles. The molecular formula is C15H21BrFNO2. The summed E-state index contributed by atoms with van der Waals surface area (Å²) in [6.07, 6.45) is -0.670. The standard InChI is InChI=1S/C15H21BrFNO2/c1-10(2)18-5-6-20-15(9-18)14(19)7-11-3-4-12(16)8-13(11)17/h3-4,8,10,14-15,19H,5-7,9H2,1-2H3. The molecule has 0 bridgehead atoms. The molecule has 1 N–H and O–H groups in total. The molecule has 2 unspecified atom stereocenters. The summed E-state index contributed by atoms with van der Waals surface area (Å²) in [5.41, 5.74) is 0.519. The normalized spacial score (nSPS) is 22.2. The minimum Gasteiger partial charge on any atom is -0.390 e. The van der Waals surface area contributed by atoms with Crippen LogP contribution in [0, 0.1) is 5.82 Å². The SMILES string of the molecule is CC(C)N1CCOC(C(O)Cc2ccc(Br)cc2F)C1. The molecule has 0 radical (unpaired) electrons. The first-order valence-electron chi connectivity index (χ1n) is 6.95. The Morgan fingerprint density at radius 3 is 2.90 bits per heavy atom. The first kappa shape index (κ1) is 15.9. The summed E-state index contributed by atoms with van der Waals surface area (Å²) in [6.45, 7) is 6.44. The molecule has 1 aliphatic heterocycles. The highest BCUT2D eigenvalue weighted by Crippen LogP contribution is 2.19. The van der Waals surface area contributed by atoms with Crippen LogP contribution in [0.1, 0.15) is 19.4 Å². The van der Waals surface area contributed by atoms with Gasteiger partial charge in [-0.2, -0.15) is 0 Å². The van der Waals surface area contributed by atoms with E-state index in [-0.39, 0.29) is 18.3 Å². The molecule has 1 aliphatic rings. The lowest BCUT2D eigenvalue weighted by atomic mass is 10.0. The van der Waals surface area contributed by atoms with Crippen LogP contribution < -0.4 is 0 Å². The summed E-state index contributed by atoms with van der Waals surface area (Å²) in [5.74, 6) is -0.296. The van der Waals surface area contributed by atoms with E-state index in [0.717, 1.165) is 6.54 Å². The van der Waals surface area contributed by atoms with Crippen LogP contribution in [0.2, 0.25) is 0 Å². The van der Waals surface area contributed by atoms with Crippen molar-refractivity contribution >= 4 is 15.9 Å². The van der Waals surface area contributed by atoms with Gasteiger partial charge in [0.05, 0.1) is 18.8 Å². The van der Waals surface area contributed by atoms with Crippen molar-refractivity contribution < 1.29 is 14.2 Å². The van der Waals surface area contributed by atoms with Crippen molar-refractivity contribution in [1.29, 1.82) is 0 Å². The van der Waals surface area contributed by atoms with Crippen molar-refractivity contribution in [1.82, 2.24) is 4.90 Å². The quantitative estimate of drug-likeness (QED) is 0.910. The zero-order valence-corrected chi connectivity index (χ0v) is 13.4. The second-order valence-electron chi connectivity index (χ2n) is 5.51. The van der Waals surface area contributed by atoms with Gasteiger partial charge in [-0.25, -0.2) is 4.39 Å². The number of rotatable bonds is 4. The van der Waals surface area contributed by atoms with Gasteiger partial charge in [0.15, 0.2) is 0 Å². The van der Waals surface area contributed by atoms with Crippen molar-refractivity contribution in [2.45, 2.75) is 38.5 Å². The Balaban J connectivity index is 1.98. The van der Waals surface area contributed by atoms with Gasteiger partial charge in [0.25, 0.3) is 0 Å². The number of hydrogen-bond acceptors (Lipinski definition) is 3. The smallest absolute Gasteiger partial charge is 0.127 e. The van der Waals surface area contributed by atoms with E-state index < -0.39 is 6.10 Å². The highest BCUT2D eigenvalue weighted by molar-refractivity contribution is 9.10. The summed E-state index contributed by atoms with van der Waals surface area (Å²) in [5, 5.41) is 10.3. The topological polar surface area (TPSA) is 32.7 Å². The molecule has 3 nitrogen and oxygen atoms in total. The van der Waals surface area contributed by atoms with Gasteiger partial charge in [-0.05, 0) is 31.5 Å². The van der Waals surface area contributed by atoms with Gasteiger partial charge in [0.2, 0.25) is 0 Å². The molecule has 5 heteroatoms. The maximum Gasteiger partial charge on any atom is 0.127 e. The van der Waals surface area contributed by atoms with Crippen molar-refractivity contribution in [3.8, 4) is 0 Å². The Labute approximate surface area is 127 Å². The third-order valence-corrected chi connectivity index (χ3v) is 4.22. The predicted molar refractivity (Wildman–Crippen MR) is 80.3 cm³/mol. The van der Waals surface area contributed by atoms with Gasteiger partial charge < -0.3 is 9.84 Å². The monoisotopic (exact) mass is 345 g/mol. The van der Waals surface area contributed by atoms with Crippen LogP contribution in [-0.2, 0) is 11.2 Å². The Morgan fingerprint density at radius 1 is 1.50 bits per heavy atom. The number of aliphatic hydroxyl groups is 1. The fraction of sp³-hybridized carbons (Fsp3) is 0.600. The minimum absolute atomic E-state index is 0.255. The summed E-state index contributed by atoms with van der Waals surface area (Å²) in [7, 11) is 0. The van der Waals surface area contributed by atoms with E-state index in [1.54, 1.807) is 12.1 Å². The summed E-state index contributed by atoms with van der Waals surface area (Å²) >= 11 is 3.23. The molecule has 2 atom stereocenters. The van der Waals surface area contributed by atoms with E-state index >= 15 is 0 Å². The molecule has 1 aromatic rings. The second kappa shape index (κ2) is 6.98. The molecule has 2 rings (SSSR count). The predicted octanol–water partition coefficient (Wildman–Crippen LogP) is 2.60. The second-order valence-corrected chi connectivity index (χ2v) is 6.42. The summed E-state index contributed by atoms with van der Waals surface area (Å²) in [6, 6.07) is 5.33. The lowest BCUT2D eigenvalue weighted by Gasteiger charge is -2.37. The fourth-order valence-corrected chi connectivity index (χ4v) is 2.78. The highest BCUT2D eigenvalue weighted by Gasteiger charge is 2.28. The minimum atomic E-state index is -0.688. The molecule has 0 aliphatic carbocycles. The number of nitrogens with zero attached hydrogens (tertiary/aromatic N) is 1. The van der Waals surface area contributed by atoms with E-state index in [4.69, 9.17) is 4.74 Å². The van der Waals surface area contributed by atoms with Gasteiger partial charge >= 0.3 is 0 Å². The Kier molecular flexibility index (Phi) is 5.55. The lowest BCUT2D eigenvalue weighted by Crippen LogP contribution is -2.50. The van der Waals surface area contributed by atoms with Crippen LogP contribution >= 0.6 is 15.9 Å². The average molecular weight is 346 g/mol. The van der Waals surface area contributed by atoms with Crippen molar-refractivity contribution in [3.63, 3.8) is 0 Å². The number of halogens is 2. The van der Waals surface area contributed by atoms with Crippen LogP contribution in [0.15, 0.2) is 22.7 Å². The van der Waals surface area contributed by atoms with Crippen LogP contribution in [0.3, 0.4) is 0 Å². The first-order valence-corrected chi connectivity index (χ1v) is 7.74. The molecule has 1 aromatic carbocycles. The van der Waals surface area contributed by atoms with Gasteiger partial charge in [0.1, 0.15) is 5.82 Å². The van der Waals surface area contributed by atoms with E-state index in [1.165, 1.54) is 6.07 Å². The summed E-state index contributed by atoms with van der Waals surface area (Å²) < 4.78 is 20.1. The van der Waals surface area contributed by atoms with Gasteiger partial charge in [-0.1, -0.05) is 22.0 Å². The van der Waals surface area contributed by atoms with Crippen LogP contribution in [0.25, 0.3) is 0 Å². The zero-order valence-electron chi connectivity index (χ0n) is 11.9. The summed E-state index contributed by atoms with van der Waals surface area (Å²) in [4.78, 5) is 2.27. The van der Waals surface area contributed by atoms with E-state index in [2.05, 4.69) is 34.7 Å². The third-order valence-electron chi connectivity index (χ3n) is 3.73. The van der Waals surface area contributed by atoms with Crippen molar-refractivity contribution in [3.05, 3.63) is 34.1 Å². The van der Waals surface area contributed by atoms with E-state index in [9.17, 15) is 9.50 Å². The molecular weight excluding hydrogens is 325 g/mol. The van der Waals surface area contributed by atoms with Crippen molar-refractivity contribution in [2.75, 3.05) is 19.7 Å². The third kappa shape index (κ3) is 4.01. The number of ether oxygens (including phenoxy) is 1. The Morgan fingerprint density at radius 2 is 2.25 bits per heavy atom. The molecule has 0 saturated carbocycles. The molecule has 1 saturated heterocycles. The maximum absolute atomic E-state index is 13.8. The maximum atomic E-state index is 13.8. The van der Waals surface area contributed by atoms with Gasteiger partial charge in [0, 0.05) is 30.0 Å². The first-order chi connectivity index (χ1) is 9.47. The number of aliphatic hydroxyl groups excluding tert-OH is 1. The van der Waals surface area contributed by atoms with E-state index in [0.29, 0.717) is 29.2 Å². The van der Waals surface area contributed by atoms with Crippen LogP contribution in [0.4, 0.5) is 4.39 Å². The largest absolute Gasteiger partial charge is 0.390 e. The molecule has 0 spiro atoms. The number of morpholine rings is 1. The molecule has 0 amide bonds. The molecule has 20 heavy (non-hydrogen) atoms. The Bertz CT molecular complexity index is 455. The van der Waals surface area contributed by atoms with Crippen LogP contribution in [0.5, 0.6) is 0 Å². The fourth-order valence-electron chi connectivity index (χ4n) is 2.44. The molecule has 112 valence electrons. The number of benzene rings is 1. The highest BCUT2D eigenvalue weighted by atomic mass is 79.9. The van der Waals surface area contributed by atoms with Crippen molar-refractivity contribution in [2.24, 2.45) is 0 Å². The van der Waals surface area contributed by atoms with E-state index in [1.807, 2.05) is 0 Å². The van der Waals surface area contributed by atoms with Crippen LogP contribution in [-0.4, -0.2) is 48.0 Å². The zero-order chi connectivity index (χ0) is 14.7. The average Bonchev–Trinajstić information content (AvgIpc) is 2.42. The molecule has 1 heterocycles. The van der Waals surface area contributed by atoms with Gasteiger partial charge in [-0.15, -0.1) is 0 Å². The lowest BCUT2D eigenvalue weighted by molar-refractivity contribution is -0.0942. The van der Waals surface area contributed by atoms with Gasteiger partial charge in [-0.3, -0.25) is 4.90 Å². The number of hydrogen-bond donors (Lipinski definition) is 1.